The van der Waals surface area contributed by atoms with Gasteiger partial charge in [-0.3, -0.25) is 0 Å². The highest BCUT2D eigenvalue weighted by Crippen LogP contribution is 2.30. The monoisotopic (exact) mass is 305 g/mol. The lowest BCUT2D eigenvalue weighted by Crippen LogP contribution is -1.97. The molecule has 3 aromatic rings. The third kappa shape index (κ3) is 3.52. The van der Waals surface area contributed by atoms with Crippen molar-refractivity contribution in [2.45, 2.75) is 13.2 Å². The van der Waals surface area contributed by atoms with Crippen LogP contribution in [0.3, 0.4) is 0 Å². The smallest absolute Gasteiger partial charge is 0.119 e. The van der Waals surface area contributed by atoms with Crippen LogP contribution in [0, 0.1) is 0 Å². The summed E-state index contributed by atoms with van der Waals surface area (Å²) >= 11 is 0. The molecule has 23 heavy (non-hydrogen) atoms. The number of anilines is 1. The summed E-state index contributed by atoms with van der Waals surface area (Å²) in [7, 11) is 0. The minimum atomic E-state index is -0.0576. The van der Waals surface area contributed by atoms with Crippen molar-refractivity contribution in [1.29, 1.82) is 0 Å². The molecule has 3 aromatic carbocycles. The van der Waals surface area contributed by atoms with Crippen LogP contribution in [0.4, 0.5) is 5.69 Å². The Morgan fingerprint density at radius 2 is 1.57 bits per heavy atom. The number of aliphatic hydroxyl groups is 1. The van der Waals surface area contributed by atoms with Crippen molar-refractivity contribution >= 4 is 5.69 Å². The van der Waals surface area contributed by atoms with E-state index in [2.05, 4.69) is 0 Å². The molecule has 0 spiro atoms. The zero-order valence-corrected chi connectivity index (χ0v) is 12.8. The van der Waals surface area contributed by atoms with Crippen LogP contribution in [0.5, 0.6) is 5.75 Å². The topological polar surface area (TPSA) is 55.5 Å². The van der Waals surface area contributed by atoms with Gasteiger partial charge in [0, 0.05) is 16.8 Å². The van der Waals surface area contributed by atoms with Crippen LogP contribution in [0.25, 0.3) is 11.1 Å². The summed E-state index contributed by atoms with van der Waals surface area (Å²) in [6.07, 6.45) is 0. The van der Waals surface area contributed by atoms with Gasteiger partial charge in [0.2, 0.25) is 0 Å². The van der Waals surface area contributed by atoms with Crippen LogP contribution in [0.1, 0.15) is 11.1 Å². The van der Waals surface area contributed by atoms with Crippen LogP contribution >= 0.6 is 0 Å². The Kier molecular flexibility index (Phi) is 4.60. The summed E-state index contributed by atoms with van der Waals surface area (Å²) < 4.78 is 5.79. The van der Waals surface area contributed by atoms with E-state index < -0.39 is 0 Å². The molecule has 0 saturated carbocycles. The van der Waals surface area contributed by atoms with Gasteiger partial charge in [0.25, 0.3) is 0 Å². The van der Waals surface area contributed by atoms with E-state index in [1.165, 1.54) is 0 Å². The summed E-state index contributed by atoms with van der Waals surface area (Å²) in [5.74, 6) is 0.814. The Hall–Kier alpha value is -2.78. The van der Waals surface area contributed by atoms with Crippen LogP contribution in [-0.2, 0) is 13.2 Å². The van der Waals surface area contributed by atoms with Gasteiger partial charge in [-0.05, 0) is 23.3 Å². The Labute approximate surface area is 136 Å². The molecule has 0 saturated heterocycles. The van der Waals surface area contributed by atoms with Gasteiger partial charge in [-0.1, -0.05) is 60.7 Å². The molecule has 0 fully saturated rings. The zero-order chi connectivity index (χ0) is 16.1. The first kappa shape index (κ1) is 15.1. The largest absolute Gasteiger partial charge is 0.489 e. The maximum atomic E-state index is 9.31. The molecule has 3 heteroatoms. The van der Waals surface area contributed by atoms with Crippen molar-refractivity contribution in [3.63, 3.8) is 0 Å². The number of benzene rings is 3. The van der Waals surface area contributed by atoms with Gasteiger partial charge >= 0.3 is 0 Å². The molecule has 0 amide bonds. The first-order valence-corrected chi connectivity index (χ1v) is 7.53. The van der Waals surface area contributed by atoms with Crippen molar-refractivity contribution in [1.82, 2.24) is 0 Å². The second kappa shape index (κ2) is 6.99. The molecule has 0 atom stereocenters. The van der Waals surface area contributed by atoms with E-state index in [9.17, 15) is 5.11 Å². The van der Waals surface area contributed by atoms with Crippen LogP contribution in [-0.4, -0.2) is 5.11 Å². The van der Waals surface area contributed by atoms with E-state index in [4.69, 9.17) is 10.5 Å². The van der Waals surface area contributed by atoms with Crippen molar-refractivity contribution < 1.29 is 9.84 Å². The van der Waals surface area contributed by atoms with Gasteiger partial charge in [-0.15, -0.1) is 0 Å². The van der Waals surface area contributed by atoms with E-state index in [0.29, 0.717) is 12.3 Å². The number of aliphatic hydroxyl groups excluding tert-OH is 1. The van der Waals surface area contributed by atoms with E-state index >= 15 is 0 Å². The lowest BCUT2D eigenvalue weighted by Gasteiger charge is -2.11. The second-order valence-electron chi connectivity index (χ2n) is 5.34. The summed E-state index contributed by atoms with van der Waals surface area (Å²) in [6, 6.07) is 23.6. The molecule has 0 aliphatic carbocycles. The standard InChI is InChI=1S/C20H19NO2/c21-20-17(13-22)7-4-8-19(20)16-9-11-18(12-10-16)23-14-15-5-2-1-3-6-15/h1-12,22H,13-14,21H2. The quantitative estimate of drug-likeness (QED) is 0.700. The summed E-state index contributed by atoms with van der Waals surface area (Å²) in [4.78, 5) is 0. The average Bonchev–Trinajstić information content (AvgIpc) is 2.62. The number of hydrogen-bond acceptors (Lipinski definition) is 3. The molecule has 0 heterocycles. The van der Waals surface area contributed by atoms with Gasteiger partial charge in [-0.2, -0.15) is 0 Å². The maximum absolute atomic E-state index is 9.31. The number of para-hydroxylation sites is 1. The third-order valence-corrected chi connectivity index (χ3v) is 3.78. The highest BCUT2D eigenvalue weighted by molar-refractivity contribution is 5.78. The van der Waals surface area contributed by atoms with Gasteiger partial charge in [-0.25, -0.2) is 0 Å². The van der Waals surface area contributed by atoms with Gasteiger partial charge in [0.1, 0.15) is 12.4 Å². The fourth-order valence-electron chi connectivity index (χ4n) is 2.47. The van der Waals surface area contributed by atoms with E-state index in [1.807, 2.05) is 72.8 Å². The van der Waals surface area contributed by atoms with Gasteiger partial charge in [0.05, 0.1) is 6.61 Å². The zero-order valence-electron chi connectivity index (χ0n) is 12.8. The molecule has 3 rings (SSSR count). The van der Waals surface area contributed by atoms with Crippen molar-refractivity contribution in [2.75, 3.05) is 5.73 Å². The van der Waals surface area contributed by atoms with E-state index in [1.54, 1.807) is 0 Å². The lowest BCUT2D eigenvalue weighted by atomic mass is 10.0. The van der Waals surface area contributed by atoms with Crippen molar-refractivity contribution in [3.8, 4) is 16.9 Å². The molecule has 0 radical (unpaired) electrons. The average molecular weight is 305 g/mol. The van der Waals surface area contributed by atoms with Crippen LogP contribution in [0.15, 0.2) is 72.8 Å². The van der Waals surface area contributed by atoms with Gasteiger partial charge in [0.15, 0.2) is 0 Å². The van der Waals surface area contributed by atoms with Crippen LogP contribution in [0.2, 0.25) is 0 Å². The molecule has 0 aromatic heterocycles. The Morgan fingerprint density at radius 1 is 0.826 bits per heavy atom. The van der Waals surface area contributed by atoms with Crippen LogP contribution < -0.4 is 10.5 Å². The molecule has 0 bridgehead atoms. The second-order valence-corrected chi connectivity index (χ2v) is 5.34. The number of rotatable bonds is 5. The molecule has 0 unspecified atom stereocenters. The molecule has 3 N–H and O–H groups in total. The van der Waals surface area contributed by atoms with E-state index in [0.717, 1.165) is 28.0 Å². The predicted molar refractivity (Wildman–Crippen MR) is 93.0 cm³/mol. The number of nitrogens with two attached hydrogens (primary N) is 1. The normalized spacial score (nSPS) is 10.5. The first-order chi connectivity index (χ1) is 11.3. The molecule has 0 aliphatic rings. The first-order valence-electron chi connectivity index (χ1n) is 7.53. The molecular formula is C20H19NO2. The fraction of sp³-hybridized carbons (Fsp3) is 0.100. The van der Waals surface area contributed by atoms with E-state index in [-0.39, 0.29) is 6.61 Å². The number of nitrogen functional groups attached to an aromatic ring is 1. The Bertz CT molecular complexity index is 767. The minimum absolute atomic E-state index is 0.0576. The Morgan fingerprint density at radius 3 is 2.26 bits per heavy atom. The maximum Gasteiger partial charge on any atom is 0.119 e. The highest BCUT2D eigenvalue weighted by Gasteiger charge is 2.06. The van der Waals surface area contributed by atoms with Crippen molar-refractivity contribution in [2.24, 2.45) is 0 Å². The molecule has 3 nitrogen and oxygen atoms in total. The summed E-state index contributed by atoms with van der Waals surface area (Å²) in [5, 5.41) is 9.31. The number of ether oxygens (including phenoxy) is 1. The molecular weight excluding hydrogens is 286 g/mol. The lowest BCUT2D eigenvalue weighted by molar-refractivity contribution is 0.282. The highest BCUT2D eigenvalue weighted by atomic mass is 16.5. The minimum Gasteiger partial charge on any atom is -0.489 e. The van der Waals surface area contributed by atoms with Gasteiger partial charge < -0.3 is 15.6 Å². The SMILES string of the molecule is Nc1c(CO)cccc1-c1ccc(OCc2ccccc2)cc1. The summed E-state index contributed by atoms with van der Waals surface area (Å²) in [6.45, 7) is 0.486. The number of hydrogen-bond donors (Lipinski definition) is 2. The summed E-state index contributed by atoms with van der Waals surface area (Å²) in [5.41, 5.74) is 10.5. The predicted octanol–water partition coefficient (Wildman–Crippen LogP) is 4.01. The molecule has 0 aliphatic heterocycles. The fourth-order valence-corrected chi connectivity index (χ4v) is 2.47. The van der Waals surface area contributed by atoms with Crippen molar-refractivity contribution in [3.05, 3.63) is 83.9 Å². The third-order valence-electron chi connectivity index (χ3n) is 3.78. The Balaban J connectivity index is 1.75. The molecule has 116 valence electrons.